The number of aryl methyl sites for hydroxylation is 1. The van der Waals surface area contributed by atoms with Crippen LogP contribution < -0.4 is 10.2 Å². The van der Waals surface area contributed by atoms with E-state index in [9.17, 15) is 4.79 Å². The fraction of sp³-hybridized carbons (Fsp3) is 0.227. The average molecular weight is 447 g/mol. The summed E-state index contributed by atoms with van der Waals surface area (Å²) < 4.78 is 3.73. The minimum atomic E-state index is -0.226. The molecule has 0 bridgehead atoms. The van der Waals surface area contributed by atoms with Crippen LogP contribution in [-0.2, 0) is 18.8 Å². The van der Waals surface area contributed by atoms with Crippen molar-refractivity contribution in [3.63, 3.8) is 0 Å². The Morgan fingerprint density at radius 3 is 2.75 bits per heavy atom. The zero-order valence-electron chi connectivity index (χ0n) is 17.8. The van der Waals surface area contributed by atoms with Gasteiger partial charge in [-0.3, -0.25) is 4.90 Å². The van der Waals surface area contributed by atoms with Crippen LogP contribution in [0.2, 0.25) is 0 Å². The minimum absolute atomic E-state index is 0.226. The van der Waals surface area contributed by atoms with Gasteiger partial charge in [-0.05, 0) is 25.5 Å². The number of thioether (sulfide) groups is 1. The second-order valence-electron chi connectivity index (χ2n) is 7.47. The number of aromatic nitrogens is 6. The average Bonchev–Trinajstić information content (AvgIpc) is 3.37. The van der Waals surface area contributed by atoms with Crippen molar-refractivity contribution in [2.75, 3.05) is 4.90 Å². The van der Waals surface area contributed by atoms with E-state index in [1.54, 1.807) is 15.6 Å². The van der Waals surface area contributed by atoms with E-state index in [4.69, 9.17) is 4.98 Å². The first kappa shape index (κ1) is 20.3. The summed E-state index contributed by atoms with van der Waals surface area (Å²) >= 11 is 1.48. The quantitative estimate of drug-likeness (QED) is 0.455. The topological polar surface area (TPSA) is 93.2 Å². The Labute approximate surface area is 189 Å². The van der Waals surface area contributed by atoms with E-state index in [1.807, 2.05) is 43.5 Å². The lowest BCUT2D eigenvalue weighted by Crippen LogP contribution is -2.43. The molecular weight excluding hydrogens is 424 g/mol. The Morgan fingerprint density at radius 2 is 2.00 bits per heavy atom. The molecule has 10 heteroatoms. The van der Waals surface area contributed by atoms with Crippen LogP contribution in [0.15, 0.2) is 54.5 Å². The maximum Gasteiger partial charge on any atom is 0.327 e. The molecule has 1 aliphatic heterocycles. The van der Waals surface area contributed by atoms with Gasteiger partial charge in [0.1, 0.15) is 11.5 Å². The Bertz CT molecular complexity index is 1290. The van der Waals surface area contributed by atoms with Crippen LogP contribution in [0, 0.1) is 6.92 Å². The zero-order chi connectivity index (χ0) is 22.2. The summed E-state index contributed by atoms with van der Waals surface area (Å²) in [5.41, 5.74) is 3.61. The number of nitrogens with one attached hydrogen (secondary N) is 1. The number of carbonyl (C=O) groups excluding carboxylic acids is 1. The molecule has 4 heterocycles. The molecule has 9 nitrogen and oxygen atoms in total. The fourth-order valence-electron chi connectivity index (χ4n) is 3.70. The first-order chi connectivity index (χ1) is 15.5. The number of hydrogen-bond donors (Lipinski definition) is 1. The largest absolute Gasteiger partial charge is 0.327 e. The van der Waals surface area contributed by atoms with Crippen molar-refractivity contribution >= 4 is 35.1 Å². The van der Waals surface area contributed by atoms with Gasteiger partial charge in [-0.2, -0.15) is 4.98 Å². The van der Waals surface area contributed by atoms with E-state index >= 15 is 0 Å². The smallest absolute Gasteiger partial charge is 0.325 e. The number of benzene rings is 1. The molecule has 1 N–H and O–H groups in total. The second-order valence-corrected chi connectivity index (χ2v) is 8.41. The molecule has 162 valence electrons. The molecule has 0 atom stereocenters. The molecule has 0 unspecified atom stereocenters. The van der Waals surface area contributed by atoms with E-state index in [2.05, 4.69) is 38.5 Å². The second kappa shape index (κ2) is 8.12. The Balaban J connectivity index is 1.45. The first-order valence-electron chi connectivity index (χ1n) is 10.3. The molecular formula is C22H22N8OS. The summed E-state index contributed by atoms with van der Waals surface area (Å²) in [5, 5.41) is 7.95. The predicted molar refractivity (Wildman–Crippen MR) is 123 cm³/mol. The van der Waals surface area contributed by atoms with E-state index in [0.29, 0.717) is 41.3 Å². The minimum Gasteiger partial charge on any atom is -0.325 e. The van der Waals surface area contributed by atoms with E-state index < -0.39 is 0 Å². The number of urea groups is 1. The maximum atomic E-state index is 12.8. The van der Waals surface area contributed by atoms with Crippen LogP contribution in [0.25, 0.3) is 11.5 Å². The van der Waals surface area contributed by atoms with Crippen LogP contribution in [-0.4, -0.2) is 35.2 Å². The molecule has 0 saturated carbocycles. The van der Waals surface area contributed by atoms with Crippen LogP contribution in [0.5, 0.6) is 0 Å². The van der Waals surface area contributed by atoms with Crippen molar-refractivity contribution in [1.82, 2.24) is 34.4 Å². The zero-order valence-corrected chi connectivity index (χ0v) is 18.6. The van der Waals surface area contributed by atoms with Crippen LogP contribution in [0.4, 0.5) is 10.6 Å². The van der Waals surface area contributed by atoms with Gasteiger partial charge in [0, 0.05) is 18.9 Å². The van der Waals surface area contributed by atoms with Gasteiger partial charge in [0.05, 0.1) is 18.0 Å². The summed E-state index contributed by atoms with van der Waals surface area (Å²) in [6.45, 7) is 9.29. The summed E-state index contributed by atoms with van der Waals surface area (Å²) in [7, 11) is 0. The molecule has 0 radical (unpaired) electrons. The third-order valence-electron chi connectivity index (χ3n) is 5.28. The SMILES string of the molecule is C=C1NC(=O)N(Cc2ccc(C)cc2)c2nc(CSc3nc4ncccn4n3)n(CC)c21. The van der Waals surface area contributed by atoms with Gasteiger partial charge in [-0.25, -0.2) is 19.3 Å². The third kappa shape index (κ3) is 3.62. The molecule has 1 aromatic carbocycles. The number of nitrogens with zero attached hydrogens (tertiary/aromatic N) is 7. The van der Waals surface area contributed by atoms with E-state index in [-0.39, 0.29) is 6.03 Å². The van der Waals surface area contributed by atoms with Crippen molar-refractivity contribution < 1.29 is 4.79 Å². The molecule has 0 spiro atoms. The van der Waals surface area contributed by atoms with Crippen LogP contribution in [0.1, 0.15) is 29.6 Å². The number of rotatable bonds is 6. The number of amides is 2. The number of hydrogen-bond acceptors (Lipinski definition) is 6. The van der Waals surface area contributed by atoms with Gasteiger partial charge >= 0.3 is 6.03 Å². The van der Waals surface area contributed by atoms with Crippen molar-refractivity contribution in [3.8, 4) is 0 Å². The predicted octanol–water partition coefficient (Wildman–Crippen LogP) is 3.64. The van der Waals surface area contributed by atoms with Crippen LogP contribution in [0.3, 0.4) is 0 Å². The van der Waals surface area contributed by atoms with Crippen LogP contribution >= 0.6 is 11.8 Å². The lowest BCUT2D eigenvalue weighted by atomic mass is 10.1. The summed E-state index contributed by atoms with van der Waals surface area (Å²) in [6.07, 6.45) is 3.50. The number of fused-ring (bicyclic) bond motifs is 2. The van der Waals surface area contributed by atoms with Crippen molar-refractivity contribution in [2.45, 2.75) is 37.8 Å². The highest BCUT2D eigenvalue weighted by Gasteiger charge is 2.32. The highest BCUT2D eigenvalue weighted by atomic mass is 32.2. The normalized spacial score (nSPS) is 13.5. The lowest BCUT2D eigenvalue weighted by molar-refractivity contribution is 0.249. The van der Waals surface area contributed by atoms with Crippen molar-refractivity contribution in [2.24, 2.45) is 0 Å². The van der Waals surface area contributed by atoms with Gasteiger partial charge < -0.3 is 9.88 Å². The standard InChI is InChI=1S/C22H22N8OS/c1-4-28-17(13-32-21-26-20-23-10-5-11-30(20)27-21)25-19-18(28)15(3)24-22(31)29(19)12-16-8-6-14(2)7-9-16/h5-11H,3-4,12-13H2,1-2H3,(H,24,31). The Morgan fingerprint density at radius 1 is 1.19 bits per heavy atom. The van der Waals surface area contributed by atoms with E-state index in [0.717, 1.165) is 17.1 Å². The monoisotopic (exact) mass is 446 g/mol. The van der Waals surface area contributed by atoms with Gasteiger partial charge in [0.25, 0.3) is 5.78 Å². The van der Waals surface area contributed by atoms with Crippen molar-refractivity contribution in [1.29, 1.82) is 0 Å². The summed E-state index contributed by atoms with van der Waals surface area (Å²) in [6, 6.07) is 9.73. The summed E-state index contributed by atoms with van der Waals surface area (Å²) in [5.74, 6) is 2.57. The molecule has 1 aliphatic rings. The molecule has 4 aromatic rings. The number of anilines is 1. The number of imidazole rings is 1. The Hall–Kier alpha value is -3.66. The van der Waals surface area contributed by atoms with Crippen molar-refractivity contribution in [3.05, 3.63) is 71.9 Å². The lowest BCUT2D eigenvalue weighted by Gasteiger charge is -2.28. The third-order valence-corrected chi connectivity index (χ3v) is 6.11. The van der Waals surface area contributed by atoms with Gasteiger partial charge in [-0.1, -0.05) is 48.2 Å². The molecule has 0 fully saturated rings. The molecule has 0 aliphatic carbocycles. The van der Waals surface area contributed by atoms with E-state index in [1.165, 1.54) is 17.3 Å². The molecule has 2 amide bonds. The van der Waals surface area contributed by atoms with Gasteiger partial charge in [0.2, 0.25) is 5.16 Å². The van der Waals surface area contributed by atoms with Gasteiger partial charge in [-0.15, -0.1) is 5.10 Å². The summed E-state index contributed by atoms with van der Waals surface area (Å²) in [4.78, 5) is 28.0. The first-order valence-corrected chi connectivity index (χ1v) is 11.2. The highest BCUT2D eigenvalue weighted by Crippen LogP contribution is 2.33. The maximum absolute atomic E-state index is 12.8. The molecule has 5 rings (SSSR count). The molecule has 3 aromatic heterocycles. The highest BCUT2D eigenvalue weighted by molar-refractivity contribution is 7.98. The molecule has 0 saturated heterocycles. The number of carbonyl (C=O) groups is 1. The fourth-order valence-corrected chi connectivity index (χ4v) is 4.47. The Kier molecular flexibility index (Phi) is 5.14. The van der Waals surface area contributed by atoms with Gasteiger partial charge in [0.15, 0.2) is 5.82 Å². The molecule has 32 heavy (non-hydrogen) atoms.